The number of rotatable bonds is 8. The molecule has 1 amide bonds. The van der Waals surface area contributed by atoms with Crippen molar-refractivity contribution in [3.8, 4) is 11.5 Å². The molecule has 2 N–H and O–H groups in total. The molecule has 0 bridgehead atoms. The first-order valence-electron chi connectivity index (χ1n) is 12.8. The summed E-state index contributed by atoms with van der Waals surface area (Å²) < 4.78 is 17.3. The van der Waals surface area contributed by atoms with Gasteiger partial charge in [0.2, 0.25) is 0 Å². The van der Waals surface area contributed by atoms with Crippen LogP contribution < -0.4 is 10.1 Å². The lowest BCUT2D eigenvalue weighted by Gasteiger charge is -2.31. The molecule has 8 nitrogen and oxygen atoms in total. The summed E-state index contributed by atoms with van der Waals surface area (Å²) in [5, 5.41) is 13.0. The fourth-order valence-corrected chi connectivity index (χ4v) is 4.76. The third-order valence-electron chi connectivity index (χ3n) is 7.05. The highest BCUT2D eigenvalue weighted by atomic mass is 16.6. The second-order valence-electron chi connectivity index (χ2n) is 10.0. The van der Waals surface area contributed by atoms with Crippen LogP contribution in [0, 0.1) is 18.8 Å². The Morgan fingerprint density at radius 3 is 2.61 bits per heavy atom. The molecule has 4 rings (SSSR count). The first-order valence-corrected chi connectivity index (χ1v) is 12.8. The minimum absolute atomic E-state index is 0.135. The monoisotopic (exact) mass is 496 g/mol. The third kappa shape index (κ3) is 6.55. The van der Waals surface area contributed by atoms with Gasteiger partial charge in [0.15, 0.2) is 17.2 Å². The molecule has 2 aromatic rings. The van der Waals surface area contributed by atoms with E-state index < -0.39 is 24.0 Å². The Morgan fingerprint density at radius 1 is 1.17 bits per heavy atom. The number of ether oxygens (including phenoxy) is 3. The van der Waals surface area contributed by atoms with E-state index in [1.54, 1.807) is 0 Å². The molecule has 1 aliphatic heterocycles. The lowest BCUT2D eigenvalue weighted by molar-refractivity contribution is -0.161. The van der Waals surface area contributed by atoms with E-state index in [1.807, 2.05) is 6.92 Å². The topological polar surface area (TPSA) is 107 Å². The number of cyclic esters (lactones) is 1. The Labute approximate surface area is 212 Å². The largest absolute Gasteiger partial charge is 0.503 e. The summed E-state index contributed by atoms with van der Waals surface area (Å²) in [6.45, 7) is 4.62. The molecule has 8 heteroatoms. The molecule has 1 saturated heterocycles. The summed E-state index contributed by atoms with van der Waals surface area (Å²) in [5.41, 5.74) is 2.25. The van der Waals surface area contributed by atoms with Crippen LogP contribution in [0.3, 0.4) is 0 Å². The Bertz CT molecular complexity index is 1050. The van der Waals surface area contributed by atoms with Crippen molar-refractivity contribution in [2.75, 3.05) is 13.7 Å². The second-order valence-corrected chi connectivity index (χ2v) is 10.0. The van der Waals surface area contributed by atoms with Gasteiger partial charge in [-0.3, -0.25) is 4.79 Å². The maximum Gasteiger partial charge on any atom is 0.329 e. The number of aromatic nitrogens is 1. The maximum absolute atomic E-state index is 13.1. The van der Waals surface area contributed by atoms with E-state index in [1.165, 1.54) is 43.3 Å². The first-order chi connectivity index (χ1) is 17.4. The number of hydrogen-bond acceptors (Lipinski definition) is 7. The predicted molar refractivity (Wildman–Crippen MR) is 134 cm³/mol. The molecule has 1 saturated carbocycles. The molecule has 0 spiro atoms. The highest BCUT2D eigenvalue weighted by Crippen LogP contribution is 2.33. The summed E-state index contributed by atoms with van der Waals surface area (Å²) in [4.78, 5) is 29.9. The van der Waals surface area contributed by atoms with Gasteiger partial charge in [-0.1, -0.05) is 36.2 Å². The number of benzene rings is 1. The van der Waals surface area contributed by atoms with Gasteiger partial charge in [0.05, 0.1) is 13.2 Å². The Balaban J connectivity index is 1.49. The molecule has 0 radical (unpaired) electrons. The number of carbonyl (C=O) groups is 2. The second kappa shape index (κ2) is 11.7. The molecule has 2 aliphatic rings. The van der Waals surface area contributed by atoms with E-state index in [4.69, 9.17) is 14.2 Å². The molecule has 36 heavy (non-hydrogen) atoms. The molecule has 4 unspecified atom stereocenters. The quantitative estimate of drug-likeness (QED) is 0.533. The van der Waals surface area contributed by atoms with Crippen LogP contribution in [0.2, 0.25) is 0 Å². The molecular weight excluding hydrogens is 460 g/mol. The van der Waals surface area contributed by atoms with Crippen molar-refractivity contribution >= 4 is 11.9 Å². The summed E-state index contributed by atoms with van der Waals surface area (Å²) in [5.74, 6) is -0.625. The number of aryl methyl sites for hydroxylation is 1. The number of methoxy groups -OCH3 is 1. The molecule has 2 fully saturated rings. The SMILES string of the molecule is COc1ccnc(C(=O)NC2CCCC(Cc3ccc(C)cc3)C(OCC3CC3)C(C)OC2=O)c1O. The number of esters is 1. The van der Waals surface area contributed by atoms with E-state index in [0.29, 0.717) is 25.4 Å². The molecular formula is C28H36N2O6. The summed E-state index contributed by atoms with van der Waals surface area (Å²) in [6.07, 6.45) is 5.84. The Kier molecular flexibility index (Phi) is 8.46. The minimum atomic E-state index is -0.852. The van der Waals surface area contributed by atoms with Crippen LogP contribution in [-0.2, 0) is 20.7 Å². The van der Waals surface area contributed by atoms with E-state index in [2.05, 4.69) is 41.5 Å². The van der Waals surface area contributed by atoms with Crippen LogP contribution in [0.15, 0.2) is 36.5 Å². The van der Waals surface area contributed by atoms with Crippen LogP contribution in [0.1, 0.15) is 60.6 Å². The van der Waals surface area contributed by atoms with Crippen molar-refractivity contribution in [3.63, 3.8) is 0 Å². The standard InChI is InChI=1S/C28H36N2O6/c1-17-7-9-19(10-8-17)15-21-5-4-6-22(28(33)36-18(2)26(21)35-16-20-11-12-20)30-27(32)24-25(31)23(34-3)13-14-29-24/h7-10,13-14,18,20-22,26,31H,4-6,11-12,15-16H2,1-3H3,(H,30,32). The van der Waals surface area contributed by atoms with Gasteiger partial charge in [0.25, 0.3) is 5.91 Å². The Morgan fingerprint density at radius 2 is 1.92 bits per heavy atom. The van der Waals surface area contributed by atoms with Gasteiger partial charge in [-0.25, -0.2) is 9.78 Å². The van der Waals surface area contributed by atoms with Crippen LogP contribution in [0.4, 0.5) is 0 Å². The first kappa shape index (κ1) is 25.9. The number of nitrogens with zero attached hydrogens (tertiary/aromatic N) is 1. The van der Waals surface area contributed by atoms with E-state index in [0.717, 1.165) is 12.8 Å². The highest BCUT2D eigenvalue weighted by Gasteiger charge is 2.36. The molecule has 4 atom stereocenters. The molecule has 1 aromatic heterocycles. The highest BCUT2D eigenvalue weighted by molar-refractivity contribution is 5.97. The maximum atomic E-state index is 13.1. The lowest BCUT2D eigenvalue weighted by Crippen LogP contribution is -2.44. The summed E-state index contributed by atoms with van der Waals surface area (Å²) in [7, 11) is 1.39. The average Bonchev–Trinajstić information content (AvgIpc) is 3.68. The summed E-state index contributed by atoms with van der Waals surface area (Å²) in [6, 6.07) is 9.12. The van der Waals surface area contributed by atoms with Crippen LogP contribution >= 0.6 is 0 Å². The fraction of sp³-hybridized carbons (Fsp3) is 0.536. The van der Waals surface area contributed by atoms with Gasteiger partial charge in [0.1, 0.15) is 12.1 Å². The zero-order chi connectivity index (χ0) is 25.7. The van der Waals surface area contributed by atoms with Crippen LogP contribution in [-0.4, -0.2) is 53.9 Å². The van der Waals surface area contributed by atoms with Crippen molar-refractivity contribution in [2.24, 2.45) is 11.8 Å². The zero-order valence-electron chi connectivity index (χ0n) is 21.2. The normalized spacial score (nSPS) is 24.7. The molecule has 2 heterocycles. The fourth-order valence-electron chi connectivity index (χ4n) is 4.76. The number of hydrogen-bond donors (Lipinski definition) is 2. The van der Waals surface area contributed by atoms with Gasteiger partial charge in [-0.05, 0) is 63.4 Å². The van der Waals surface area contributed by atoms with Crippen LogP contribution in [0.5, 0.6) is 11.5 Å². The van der Waals surface area contributed by atoms with Crippen molar-refractivity contribution < 1.29 is 28.9 Å². The number of pyridine rings is 1. The van der Waals surface area contributed by atoms with Crippen molar-refractivity contribution in [1.29, 1.82) is 0 Å². The molecule has 194 valence electrons. The number of nitrogens with one attached hydrogen (secondary N) is 1. The van der Waals surface area contributed by atoms with Gasteiger partial charge in [0, 0.05) is 18.9 Å². The van der Waals surface area contributed by atoms with Crippen molar-refractivity contribution in [3.05, 3.63) is 53.3 Å². The molecule has 1 aromatic carbocycles. The van der Waals surface area contributed by atoms with Gasteiger partial charge in [-0.15, -0.1) is 0 Å². The smallest absolute Gasteiger partial charge is 0.329 e. The minimum Gasteiger partial charge on any atom is -0.503 e. The Hall–Kier alpha value is -3.13. The van der Waals surface area contributed by atoms with E-state index in [-0.39, 0.29) is 29.2 Å². The summed E-state index contributed by atoms with van der Waals surface area (Å²) >= 11 is 0. The van der Waals surface area contributed by atoms with Crippen LogP contribution in [0.25, 0.3) is 0 Å². The van der Waals surface area contributed by atoms with Gasteiger partial charge in [-0.2, -0.15) is 0 Å². The van der Waals surface area contributed by atoms with Gasteiger partial charge < -0.3 is 24.6 Å². The average molecular weight is 497 g/mol. The van der Waals surface area contributed by atoms with Crippen molar-refractivity contribution in [1.82, 2.24) is 10.3 Å². The molecule has 1 aliphatic carbocycles. The predicted octanol–water partition coefficient (Wildman–Crippen LogP) is 3.97. The van der Waals surface area contributed by atoms with E-state index in [9.17, 15) is 14.7 Å². The zero-order valence-corrected chi connectivity index (χ0v) is 21.2. The number of carbonyl (C=O) groups excluding carboxylic acids is 2. The lowest BCUT2D eigenvalue weighted by atomic mass is 9.86. The third-order valence-corrected chi connectivity index (χ3v) is 7.05. The number of amides is 1. The van der Waals surface area contributed by atoms with Gasteiger partial charge >= 0.3 is 5.97 Å². The van der Waals surface area contributed by atoms with E-state index >= 15 is 0 Å². The van der Waals surface area contributed by atoms with Crippen molar-refractivity contribution in [2.45, 2.75) is 70.6 Å². The number of aromatic hydroxyl groups is 1.